The van der Waals surface area contributed by atoms with Crippen molar-refractivity contribution in [3.8, 4) is 17.1 Å². The Morgan fingerprint density at radius 3 is 2.82 bits per heavy atom. The number of rotatable bonds is 6. The molecule has 22 heavy (non-hydrogen) atoms. The largest absolute Gasteiger partial charge is 0.492 e. The number of morpholine rings is 1. The van der Waals surface area contributed by atoms with Crippen molar-refractivity contribution in [2.24, 2.45) is 0 Å². The summed E-state index contributed by atoms with van der Waals surface area (Å²) in [6.07, 6.45) is 0.701. The Morgan fingerprint density at radius 1 is 1.18 bits per heavy atom. The third-order valence-electron chi connectivity index (χ3n) is 3.64. The standard InChI is InChI=1S/C17H19NO4/c19-13-16-4-5-17(22-16)14-2-1-3-15(12-14)21-11-8-18-6-9-20-10-7-18/h1-5,12-13H,6-11H2. The Balaban J connectivity index is 1.57. The van der Waals surface area contributed by atoms with Crippen molar-refractivity contribution >= 4 is 6.29 Å². The second kappa shape index (κ2) is 7.24. The summed E-state index contributed by atoms with van der Waals surface area (Å²) in [5.74, 6) is 1.80. The van der Waals surface area contributed by atoms with Gasteiger partial charge in [0.2, 0.25) is 0 Å². The first kappa shape index (κ1) is 14.8. The highest BCUT2D eigenvalue weighted by Gasteiger charge is 2.10. The number of hydrogen-bond donors (Lipinski definition) is 0. The molecule has 2 heterocycles. The van der Waals surface area contributed by atoms with Crippen LogP contribution in [-0.4, -0.2) is 50.6 Å². The van der Waals surface area contributed by atoms with Crippen LogP contribution in [0.5, 0.6) is 5.75 Å². The van der Waals surface area contributed by atoms with Gasteiger partial charge in [0.1, 0.15) is 18.1 Å². The highest BCUT2D eigenvalue weighted by Crippen LogP contribution is 2.25. The van der Waals surface area contributed by atoms with Crippen LogP contribution in [0.2, 0.25) is 0 Å². The molecule has 0 bridgehead atoms. The van der Waals surface area contributed by atoms with Crippen LogP contribution in [0.25, 0.3) is 11.3 Å². The molecular weight excluding hydrogens is 282 g/mol. The smallest absolute Gasteiger partial charge is 0.185 e. The summed E-state index contributed by atoms with van der Waals surface area (Å²) in [5, 5.41) is 0. The Bertz CT molecular complexity index is 617. The SMILES string of the molecule is O=Cc1ccc(-c2cccc(OCCN3CCOCC3)c2)o1. The molecule has 0 amide bonds. The van der Waals surface area contributed by atoms with Crippen LogP contribution in [0.1, 0.15) is 10.6 Å². The molecule has 1 aliphatic heterocycles. The highest BCUT2D eigenvalue weighted by atomic mass is 16.5. The van der Waals surface area contributed by atoms with E-state index in [9.17, 15) is 4.79 Å². The lowest BCUT2D eigenvalue weighted by Crippen LogP contribution is -2.38. The molecule has 0 N–H and O–H groups in total. The summed E-state index contributed by atoms with van der Waals surface area (Å²) in [6.45, 7) is 5.06. The first-order chi connectivity index (χ1) is 10.8. The molecule has 1 fully saturated rings. The Morgan fingerprint density at radius 2 is 2.05 bits per heavy atom. The van der Waals surface area contributed by atoms with Crippen LogP contribution in [0.3, 0.4) is 0 Å². The normalized spacial score (nSPS) is 15.6. The van der Waals surface area contributed by atoms with E-state index in [-0.39, 0.29) is 0 Å². The molecule has 5 heteroatoms. The molecule has 5 nitrogen and oxygen atoms in total. The molecule has 0 aliphatic carbocycles. The molecule has 116 valence electrons. The molecule has 3 rings (SSSR count). The molecule has 1 aliphatic rings. The van der Waals surface area contributed by atoms with Gasteiger partial charge in [0, 0.05) is 25.2 Å². The fraction of sp³-hybridized carbons (Fsp3) is 0.353. The molecule has 0 saturated carbocycles. The fourth-order valence-electron chi connectivity index (χ4n) is 2.43. The van der Waals surface area contributed by atoms with Crippen LogP contribution in [0, 0.1) is 0 Å². The maximum Gasteiger partial charge on any atom is 0.185 e. The average molecular weight is 301 g/mol. The summed E-state index contributed by atoms with van der Waals surface area (Å²) in [4.78, 5) is 13.0. The molecule has 0 radical (unpaired) electrons. The number of aldehydes is 1. The summed E-state index contributed by atoms with van der Waals surface area (Å²) in [7, 11) is 0. The molecule has 1 saturated heterocycles. The Hall–Kier alpha value is -2.11. The minimum Gasteiger partial charge on any atom is -0.492 e. The first-order valence-corrected chi connectivity index (χ1v) is 7.43. The van der Waals surface area contributed by atoms with Crippen LogP contribution < -0.4 is 4.74 Å². The number of benzene rings is 1. The van der Waals surface area contributed by atoms with Crippen molar-refractivity contribution in [2.45, 2.75) is 0 Å². The summed E-state index contributed by atoms with van der Waals surface area (Å²) in [6, 6.07) is 11.1. The number of hydrogen-bond acceptors (Lipinski definition) is 5. The van der Waals surface area contributed by atoms with Crippen LogP contribution in [0.15, 0.2) is 40.8 Å². The van der Waals surface area contributed by atoms with Gasteiger partial charge >= 0.3 is 0 Å². The van der Waals surface area contributed by atoms with Gasteiger partial charge in [0.15, 0.2) is 12.0 Å². The molecule has 0 unspecified atom stereocenters. The minimum absolute atomic E-state index is 0.327. The van der Waals surface area contributed by atoms with Crippen molar-refractivity contribution in [1.29, 1.82) is 0 Å². The molecule has 1 aromatic carbocycles. The lowest BCUT2D eigenvalue weighted by atomic mass is 10.1. The minimum atomic E-state index is 0.327. The Labute approximate surface area is 129 Å². The second-order valence-electron chi connectivity index (χ2n) is 5.15. The summed E-state index contributed by atoms with van der Waals surface area (Å²) in [5.41, 5.74) is 0.900. The zero-order valence-electron chi connectivity index (χ0n) is 12.4. The van der Waals surface area contributed by atoms with E-state index in [1.807, 2.05) is 24.3 Å². The van der Waals surface area contributed by atoms with Crippen molar-refractivity contribution in [3.05, 3.63) is 42.2 Å². The first-order valence-electron chi connectivity index (χ1n) is 7.43. The lowest BCUT2D eigenvalue weighted by Gasteiger charge is -2.26. The van der Waals surface area contributed by atoms with E-state index in [0.717, 1.165) is 44.2 Å². The Kier molecular flexibility index (Phi) is 4.88. The monoisotopic (exact) mass is 301 g/mol. The number of nitrogens with zero attached hydrogens (tertiary/aromatic N) is 1. The topological polar surface area (TPSA) is 51.9 Å². The zero-order chi connectivity index (χ0) is 15.2. The molecule has 1 aromatic heterocycles. The van der Waals surface area contributed by atoms with Crippen molar-refractivity contribution < 1.29 is 18.7 Å². The van der Waals surface area contributed by atoms with E-state index in [2.05, 4.69) is 4.90 Å². The van der Waals surface area contributed by atoms with Crippen molar-refractivity contribution in [3.63, 3.8) is 0 Å². The van der Waals surface area contributed by atoms with Crippen molar-refractivity contribution in [2.75, 3.05) is 39.5 Å². The van der Waals surface area contributed by atoms with Gasteiger partial charge in [-0.2, -0.15) is 0 Å². The van der Waals surface area contributed by atoms with Gasteiger partial charge < -0.3 is 13.9 Å². The predicted molar refractivity (Wildman–Crippen MR) is 82.3 cm³/mol. The molecular formula is C17H19NO4. The van der Waals surface area contributed by atoms with Gasteiger partial charge in [-0.15, -0.1) is 0 Å². The van der Waals surface area contributed by atoms with E-state index in [4.69, 9.17) is 13.9 Å². The molecule has 2 aromatic rings. The average Bonchev–Trinajstić information content (AvgIpc) is 3.05. The third-order valence-corrected chi connectivity index (χ3v) is 3.64. The van der Waals surface area contributed by atoms with Gasteiger partial charge in [-0.1, -0.05) is 12.1 Å². The summed E-state index contributed by atoms with van der Waals surface area (Å²) < 4.78 is 16.6. The second-order valence-corrected chi connectivity index (χ2v) is 5.15. The quantitative estimate of drug-likeness (QED) is 0.767. The fourth-order valence-corrected chi connectivity index (χ4v) is 2.43. The number of carbonyl (C=O) groups excluding carboxylic acids is 1. The van der Waals surface area contributed by atoms with E-state index in [1.54, 1.807) is 12.1 Å². The van der Waals surface area contributed by atoms with Gasteiger partial charge in [-0.05, 0) is 24.3 Å². The van der Waals surface area contributed by atoms with E-state index >= 15 is 0 Å². The predicted octanol–water partition coefficient (Wildman–Crippen LogP) is 2.47. The van der Waals surface area contributed by atoms with Gasteiger partial charge in [-0.25, -0.2) is 0 Å². The van der Waals surface area contributed by atoms with Gasteiger partial charge in [0.25, 0.3) is 0 Å². The van der Waals surface area contributed by atoms with Gasteiger partial charge in [0.05, 0.1) is 13.2 Å². The highest BCUT2D eigenvalue weighted by molar-refractivity contribution is 5.73. The van der Waals surface area contributed by atoms with E-state index in [0.29, 0.717) is 24.4 Å². The maximum absolute atomic E-state index is 10.7. The van der Waals surface area contributed by atoms with Crippen LogP contribution in [0.4, 0.5) is 0 Å². The van der Waals surface area contributed by atoms with Crippen LogP contribution in [-0.2, 0) is 4.74 Å². The van der Waals surface area contributed by atoms with E-state index in [1.165, 1.54) is 0 Å². The molecule has 0 atom stereocenters. The van der Waals surface area contributed by atoms with Gasteiger partial charge in [-0.3, -0.25) is 9.69 Å². The molecule has 0 spiro atoms. The number of ether oxygens (including phenoxy) is 2. The van der Waals surface area contributed by atoms with Crippen LogP contribution >= 0.6 is 0 Å². The maximum atomic E-state index is 10.7. The van der Waals surface area contributed by atoms with Crippen molar-refractivity contribution in [1.82, 2.24) is 4.90 Å². The van der Waals surface area contributed by atoms with E-state index < -0.39 is 0 Å². The number of furan rings is 1. The summed E-state index contributed by atoms with van der Waals surface area (Å²) >= 11 is 0. The zero-order valence-corrected chi connectivity index (χ0v) is 12.4. The number of carbonyl (C=O) groups is 1. The lowest BCUT2D eigenvalue weighted by molar-refractivity contribution is 0.0322. The third kappa shape index (κ3) is 3.75.